The van der Waals surface area contributed by atoms with Gasteiger partial charge in [0.05, 0.1) is 12.8 Å². The summed E-state index contributed by atoms with van der Waals surface area (Å²) in [6, 6.07) is 5.26. The first-order valence-corrected chi connectivity index (χ1v) is 6.88. The second kappa shape index (κ2) is 6.57. The number of nitrogens with one attached hydrogen (secondary N) is 1. The van der Waals surface area contributed by atoms with Crippen LogP contribution in [0.1, 0.15) is 36.0 Å². The van der Waals surface area contributed by atoms with Gasteiger partial charge in [-0.2, -0.15) is 0 Å². The van der Waals surface area contributed by atoms with E-state index in [0.717, 1.165) is 19.5 Å². The number of carbonyl (C=O) groups excluding carboxylic acids is 1. The van der Waals surface area contributed by atoms with Crippen LogP contribution in [0, 0.1) is 5.92 Å². The highest BCUT2D eigenvalue weighted by molar-refractivity contribution is 5.97. The first kappa shape index (κ1) is 13.9. The molecule has 19 heavy (non-hydrogen) atoms. The zero-order valence-electron chi connectivity index (χ0n) is 11.4. The molecule has 1 aliphatic heterocycles. The summed E-state index contributed by atoms with van der Waals surface area (Å²) in [6.07, 6.45) is 3.94. The van der Waals surface area contributed by atoms with Gasteiger partial charge >= 0.3 is 0 Å². The zero-order valence-corrected chi connectivity index (χ0v) is 11.4. The highest BCUT2D eigenvalue weighted by atomic mass is 16.5. The van der Waals surface area contributed by atoms with Gasteiger partial charge in [-0.3, -0.25) is 4.79 Å². The Morgan fingerprint density at radius 2 is 2.16 bits per heavy atom. The molecule has 1 aromatic carbocycles. The summed E-state index contributed by atoms with van der Waals surface area (Å²) in [5.74, 6) is 1.48. The molecule has 1 fully saturated rings. The second-order valence-corrected chi connectivity index (χ2v) is 5.11. The van der Waals surface area contributed by atoms with E-state index >= 15 is 0 Å². The SMILES string of the molecule is COc1ccc(C(=O)CCC2CCNCC2)cc1N. The van der Waals surface area contributed by atoms with Crippen molar-refractivity contribution in [2.45, 2.75) is 25.7 Å². The van der Waals surface area contributed by atoms with E-state index in [0.29, 0.717) is 29.3 Å². The van der Waals surface area contributed by atoms with E-state index in [9.17, 15) is 4.79 Å². The third-order valence-corrected chi connectivity index (χ3v) is 3.79. The van der Waals surface area contributed by atoms with Crippen LogP contribution in [-0.2, 0) is 0 Å². The molecule has 0 spiro atoms. The van der Waals surface area contributed by atoms with E-state index in [1.807, 2.05) is 0 Å². The molecule has 104 valence electrons. The number of benzene rings is 1. The summed E-state index contributed by atoms with van der Waals surface area (Å²) in [7, 11) is 1.57. The normalized spacial score (nSPS) is 16.3. The third-order valence-electron chi connectivity index (χ3n) is 3.79. The summed E-state index contributed by atoms with van der Waals surface area (Å²) in [4.78, 5) is 12.1. The van der Waals surface area contributed by atoms with Gasteiger partial charge in [-0.15, -0.1) is 0 Å². The first-order chi connectivity index (χ1) is 9.20. The van der Waals surface area contributed by atoms with Crippen LogP contribution in [-0.4, -0.2) is 26.0 Å². The molecule has 0 aromatic heterocycles. The topological polar surface area (TPSA) is 64.3 Å². The minimum Gasteiger partial charge on any atom is -0.495 e. The highest BCUT2D eigenvalue weighted by Crippen LogP contribution is 2.24. The summed E-state index contributed by atoms with van der Waals surface area (Å²) in [5, 5.41) is 3.34. The van der Waals surface area contributed by atoms with Crippen molar-refractivity contribution < 1.29 is 9.53 Å². The van der Waals surface area contributed by atoms with Gasteiger partial charge in [0.2, 0.25) is 0 Å². The van der Waals surface area contributed by atoms with E-state index in [1.54, 1.807) is 25.3 Å². The van der Waals surface area contributed by atoms with Crippen molar-refractivity contribution >= 4 is 11.5 Å². The fourth-order valence-electron chi connectivity index (χ4n) is 2.56. The molecular weight excluding hydrogens is 240 g/mol. The number of piperidine rings is 1. The van der Waals surface area contributed by atoms with Gasteiger partial charge in [-0.25, -0.2) is 0 Å². The van der Waals surface area contributed by atoms with Gasteiger partial charge in [0.1, 0.15) is 5.75 Å². The Kier molecular flexibility index (Phi) is 4.80. The molecule has 1 heterocycles. The minimum absolute atomic E-state index is 0.174. The van der Waals surface area contributed by atoms with Gasteiger partial charge < -0.3 is 15.8 Å². The van der Waals surface area contributed by atoms with Gasteiger partial charge in [0, 0.05) is 12.0 Å². The van der Waals surface area contributed by atoms with Crippen LogP contribution in [0.2, 0.25) is 0 Å². The lowest BCUT2D eigenvalue weighted by atomic mass is 9.91. The number of nitrogens with two attached hydrogens (primary N) is 1. The first-order valence-electron chi connectivity index (χ1n) is 6.88. The van der Waals surface area contributed by atoms with E-state index < -0.39 is 0 Å². The van der Waals surface area contributed by atoms with Crippen molar-refractivity contribution in [2.24, 2.45) is 5.92 Å². The molecule has 0 unspecified atom stereocenters. The smallest absolute Gasteiger partial charge is 0.162 e. The molecule has 4 nitrogen and oxygen atoms in total. The Morgan fingerprint density at radius 3 is 2.79 bits per heavy atom. The van der Waals surface area contributed by atoms with Crippen LogP contribution in [0.25, 0.3) is 0 Å². The molecule has 1 aliphatic rings. The Balaban J connectivity index is 1.90. The van der Waals surface area contributed by atoms with Crippen LogP contribution in [0.4, 0.5) is 5.69 Å². The molecular formula is C15H22N2O2. The van der Waals surface area contributed by atoms with Crippen LogP contribution >= 0.6 is 0 Å². The number of methoxy groups -OCH3 is 1. The van der Waals surface area contributed by atoms with Gasteiger partial charge in [0.15, 0.2) is 5.78 Å². The summed E-state index contributed by atoms with van der Waals surface area (Å²) in [5.41, 5.74) is 7.03. The van der Waals surface area contributed by atoms with Gasteiger partial charge in [-0.05, 0) is 56.5 Å². The maximum Gasteiger partial charge on any atom is 0.162 e. The van der Waals surface area contributed by atoms with Crippen molar-refractivity contribution in [1.82, 2.24) is 5.32 Å². The Bertz CT molecular complexity index is 440. The predicted octanol–water partition coefficient (Wildman–Crippen LogP) is 2.24. The van der Waals surface area contributed by atoms with Crippen molar-refractivity contribution in [3.8, 4) is 5.75 Å². The number of carbonyl (C=O) groups is 1. The maximum atomic E-state index is 12.1. The number of rotatable bonds is 5. The molecule has 0 aliphatic carbocycles. The van der Waals surface area contributed by atoms with E-state index in [1.165, 1.54) is 12.8 Å². The lowest BCUT2D eigenvalue weighted by molar-refractivity contribution is 0.0971. The Hall–Kier alpha value is -1.55. The molecule has 4 heteroatoms. The van der Waals surface area contributed by atoms with Crippen LogP contribution in [0.3, 0.4) is 0 Å². The molecule has 0 radical (unpaired) electrons. The second-order valence-electron chi connectivity index (χ2n) is 5.11. The fraction of sp³-hybridized carbons (Fsp3) is 0.533. The monoisotopic (exact) mass is 262 g/mol. The van der Waals surface area contributed by atoms with Gasteiger partial charge in [-0.1, -0.05) is 0 Å². The molecule has 2 rings (SSSR count). The molecule has 1 aromatic rings. The summed E-state index contributed by atoms with van der Waals surface area (Å²) < 4.78 is 5.09. The average Bonchev–Trinajstić information content (AvgIpc) is 2.45. The number of hydrogen-bond donors (Lipinski definition) is 2. The molecule has 0 amide bonds. The lowest BCUT2D eigenvalue weighted by Gasteiger charge is -2.22. The van der Waals surface area contributed by atoms with Crippen molar-refractivity contribution in [2.75, 3.05) is 25.9 Å². The van der Waals surface area contributed by atoms with E-state index in [-0.39, 0.29) is 5.78 Å². The van der Waals surface area contributed by atoms with Crippen molar-refractivity contribution in [3.63, 3.8) is 0 Å². The quantitative estimate of drug-likeness (QED) is 0.631. The lowest BCUT2D eigenvalue weighted by Crippen LogP contribution is -2.28. The maximum absolute atomic E-state index is 12.1. The van der Waals surface area contributed by atoms with Crippen LogP contribution in [0.5, 0.6) is 5.75 Å². The van der Waals surface area contributed by atoms with Crippen LogP contribution in [0.15, 0.2) is 18.2 Å². The number of Topliss-reactive ketones (excluding diaryl/α,β-unsaturated/α-hetero) is 1. The molecule has 0 saturated carbocycles. The fourth-order valence-corrected chi connectivity index (χ4v) is 2.56. The average molecular weight is 262 g/mol. The Labute approximate surface area is 114 Å². The Morgan fingerprint density at radius 1 is 1.42 bits per heavy atom. The van der Waals surface area contributed by atoms with E-state index in [4.69, 9.17) is 10.5 Å². The van der Waals surface area contributed by atoms with Crippen molar-refractivity contribution in [1.29, 1.82) is 0 Å². The number of anilines is 1. The highest BCUT2D eigenvalue weighted by Gasteiger charge is 2.15. The molecule has 0 atom stereocenters. The predicted molar refractivity (Wildman–Crippen MR) is 76.6 cm³/mol. The van der Waals surface area contributed by atoms with Gasteiger partial charge in [0.25, 0.3) is 0 Å². The minimum atomic E-state index is 0.174. The number of hydrogen-bond acceptors (Lipinski definition) is 4. The number of nitrogen functional groups attached to an aromatic ring is 1. The molecule has 3 N–H and O–H groups in total. The zero-order chi connectivity index (χ0) is 13.7. The van der Waals surface area contributed by atoms with Crippen molar-refractivity contribution in [3.05, 3.63) is 23.8 Å². The third kappa shape index (κ3) is 3.70. The largest absolute Gasteiger partial charge is 0.495 e. The number of ketones is 1. The molecule has 0 bridgehead atoms. The molecule has 1 saturated heterocycles. The van der Waals surface area contributed by atoms with E-state index in [2.05, 4.69) is 5.32 Å². The number of ether oxygens (including phenoxy) is 1. The van der Waals surface area contributed by atoms with Crippen LogP contribution < -0.4 is 15.8 Å². The summed E-state index contributed by atoms with van der Waals surface area (Å²) in [6.45, 7) is 2.16. The summed E-state index contributed by atoms with van der Waals surface area (Å²) >= 11 is 0. The standard InChI is InChI=1S/C15H22N2O2/c1-19-15-5-3-12(10-13(15)16)14(18)4-2-11-6-8-17-9-7-11/h3,5,10-11,17H,2,4,6-9,16H2,1H3.